The summed E-state index contributed by atoms with van der Waals surface area (Å²) in [7, 11) is 0. The molecule has 0 fully saturated rings. The standard InChI is InChI=1S/C27H26Cl2N4O2/c1-3-33(4-2)23-14-10-19(11-15-23)16-25(31-26(34)20-8-6-5-7-9-20)27(35)32-30-18-21-12-13-22(28)17-24(21)29/h5-18H,3-4H2,1-2H3,(H,31,34)(H,32,35)/b25-16-,30-18?. The van der Waals surface area contributed by atoms with Crippen LogP contribution in [0.4, 0.5) is 5.69 Å². The average Bonchev–Trinajstić information content (AvgIpc) is 2.87. The van der Waals surface area contributed by atoms with Gasteiger partial charge in [0.25, 0.3) is 11.8 Å². The molecule has 6 nitrogen and oxygen atoms in total. The highest BCUT2D eigenvalue weighted by atomic mass is 35.5. The summed E-state index contributed by atoms with van der Waals surface area (Å²) in [5, 5.41) is 7.57. The third-order valence-electron chi connectivity index (χ3n) is 5.19. The van der Waals surface area contributed by atoms with E-state index in [-0.39, 0.29) is 5.70 Å². The lowest BCUT2D eigenvalue weighted by molar-refractivity contribution is -0.117. The van der Waals surface area contributed by atoms with Gasteiger partial charge in [-0.15, -0.1) is 0 Å². The van der Waals surface area contributed by atoms with Crippen molar-refractivity contribution in [2.24, 2.45) is 5.10 Å². The van der Waals surface area contributed by atoms with Gasteiger partial charge in [-0.2, -0.15) is 5.10 Å². The first-order valence-electron chi connectivity index (χ1n) is 11.1. The molecule has 0 saturated heterocycles. The van der Waals surface area contributed by atoms with Crippen LogP contribution in [0.25, 0.3) is 6.08 Å². The van der Waals surface area contributed by atoms with E-state index < -0.39 is 11.8 Å². The van der Waals surface area contributed by atoms with E-state index in [9.17, 15) is 9.59 Å². The number of rotatable bonds is 9. The van der Waals surface area contributed by atoms with Gasteiger partial charge in [-0.1, -0.05) is 59.6 Å². The Morgan fingerprint density at radius 2 is 1.63 bits per heavy atom. The van der Waals surface area contributed by atoms with Gasteiger partial charge < -0.3 is 10.2 Å². The minimum atomic E-state index is -0.580. The van der Waals surface area contributed by atoms with Gasteiger partial charge >= 0.3 is 0 Å². The number of hydrazone groups is 1. The number of hydrogen-bond acceptors (Lipinski definition) is 4. The number of nitrogens with one attached hydrogen (secondary N) is 2. The second-order valence-corrected chi connectivity index (χ2v) is 8.35. The molecular weight excluding hydrogens is 483 g/mol. The lowest BCUT2D eigenvalue weighted by atomic mass is 10.1. The summed E-state index contributed by atoms with van der Waals surface area (Å²) in [6.07, 6.45) is 3.01. The molecule has 0 bridgehead atoms. The maximum absolute atomic E-state index is 12.9. The Morgan fingerprint density at radius 3 is 2.26 bits per heavy atom. The molecule has 0 spiro atoms. The third-order valence-corrected chi connectivity index (χ3v) is 5.76. The van der Waals surface area contributed by atoms with E-state index in [0.717, 1.165) is 24.3 Å². The summed E-state index contributed by atoms with van der Waals surface area (Å²) >= 11 is 12.1. The molecule has 3 aromatic carbocycles. The molecule has 0 radical (unpaired) electrons. The largest absolute Gasteiger partial charge is 0.372 e. The highest BCUT2D eigenvalue weighted by Crippen LogP contribution is 2.19. The van der Waals surface area contributed by atoms with Gasteiger partial charge in [-0.25, -0.2) is 5.43 Å². The first-order chi connectivity index (χ1) is 16.9. The Morgan fingerprint density at radius 1 is 0.943 bits per heavy atom. The summed E-state index contributed by atoms with van der Waals surface area (Å²) in [5.74, 6) is -0.986. The predicted octanol–water partition coefficient (Wildman–Crippen LogP) is 5.76. The zero-order valence-electron chi connectivity index (χ0n) is 19.5. The highest BCUT2D eigenvalue weighted by Gasteiger charge is 2.14. The van der Waals surface area contributed by atoms with Crippen LogP contribution in [0.2, 0.25) is 10.0 Å². The molecule has 3 aromatic rings. The van der Waals surface area contributed by atoms with Crippen molar-refractivity contribution in [2.75, 3.05) is 18.0 Å². The average molecular weight is 509 g/mol. The zero-order chi connectivity index (χ0) is 25.2. The van der Waals surface area contributed by atoms with E-state index in [1.54, 1.807) is 48.5 Å². The number of halogens is 2. The van der Waals surface area contributed by atoms with Gasteiger partial charge in [0.15, 0.2) is 0 Å². The summed E-state index contributed by atoms with van der Waals surface area (Å²) in [5.41, 5.74) is 5.34. The Bertz CT molecular complexity index is 1220. The van der Waals surface area contributed by atoms with Crippen molar-refractivity contribution in [3.8, 4) is 0 Å². The van der Waals surface area contributed by atoms with E-state index in [4.69, 9.17) is 23.2 Å². The van der Waals surface area contributed by atoms with Gasteiger partial charge in [-0.05, 0) is 61.9 Å². The molecule has 0 saturated carbocycles. The van der Waals surface area contributed by atoms with Crippen LogP contribution in [0.3, 0.4) is 0 Å². The molecule has 0 aliphatic carbocycles. The van der Waals surface area contributed by atoms with E-state index in [0.29, 0.717) is 21.2 Å². The van der Waals surface area contributed by atoms with E-state index >= 15 is 0 Å². The van der Waals surface area contributed by atoms with E-state index in [2.05, 4.69) is 34.6 Å². The summed E-state index contributed by atoms with van der Waals surface area (Å²) < 4.78 is 0. The fourth-order valence-corrected chi connectivity index (χ4v) is 3.76. The molecule has 0 heterocycles. The molecule has 0 aliphatic rings. The lowest BCUT2D eigenvalue weighted by Crippen LogP contribution is -2.32. The third kappa shape index (κ3) is 7.44. The lowest BCUT2D eigenvalue weighted by Gasteiger charge is -2.20. The minimum Gasteiger partial charge on any atom is -0.372 e. The molecule has 0 atom stereocenters. The Hall–Kier alpha value is -3.61. The maximum Gasteiger partial charge on any atom is 0.287 e. The van der Waals surface area contributed by atoms with Crippen LogP contribution in [0, 0.1) is 0 Å². The number of benzene rings is 3. The van der Waals surface area contributed by atoms with Crippen molar-refractivity contribution in [3.05, 3.63) is 105 Å². The fourth-order valence-electron chi connectivity index (χ4n) is 3.31. The number of hydrogen-bond donors (Lipinski definition) is 2. The van der Waals surface area contributed by atoms with Crippen LogP contribution >= 0.6 is 23.2 Å². The quantitative estimate of drug-likeness (QED) is 0.219. The van der Waals surface area contributed by atoms with Crippen LogP contribution in [0.1, 0.15) is 35.3 Å². The van der Waals surface area contributed by atoms with Crippen LogP contribution in [0.15, 0.2) is 83.6 Å². The minimum absolute atomic E-state index is 0.0498. The Balaban J connectivity index is 1.83. The Kier molecular flexibility index (Phi) is 9.47. The van der Waals surface area contributed by atoms with Crippen molar-refractivity contribution in [3.63, 3.8) is 0 Å². The molecule has 3 rings (SSSR count). The predicted molar refractivity (Wildman–Crippen MR) is 144 cm³/mol. The van der Waals surface area contributed by atoms with Crippen molar-refractivity contribution in [1.29, 1.82) is 0 Å². The topological polar surface area (TPSA) is 73.8 Å². The summed E-state index contributed by atoms with van der Waals surface area (Å²) in [6.45, 7) is 5.97. The van der Waals surface area contributed by atoms with Gasteiger partial charge in [-0.3, -0.25) is 9.59 Å². The van der Waals surface area contributed by atoms with Gasteiger partial charge in [0.1, 0.15) is 5.70 Å². The second kappa shape index (κ2) is 12.7. The number of carbonyl (C=O) groups excluding carboxylic acids is 2. The molecule has 2 N–H and O–H groups in total. The van der Waals surface area contributed by atoms with E-state index in [1.165, 1.54) is 6.21 Å². The first-order valence-corrected chi connectivity index (χ1v) is 11.9. The molecule has 2 amide bonds. The molecule has 0 aliphatic heterocycles. The van der Waals surface area contributed by atoms with Crippen molar-refractivity contribution < 1.29 is 9.59 Å². The number of carbonyl (C=O) groups is 2. The fraction of sp³-hybridized carbons (Fsp3) is 0.148. The number of anilines is 1. The maximum atomic E-state index is 12.9. The second-order valence-electron chi connectivity index (χ2n) is 7.51. The molecule has 35 heavy (non-hydrogen) atoms. The zero-order valence-corrected chi connectivity index (χ0v) is 21.0. The SMILES string of the molecule is CCN(CC)c1ccc(/C=C(\NC(=O)c2ccccc2)C(=O)NN=Cc2ccc(Cl)cc2Cl)cc1. The van der Waals surface area contributed by atoms with Crippen molar-refractivity contribution in [2.45, 2.75) is 13.8 Å². The van der Waals surface area contributed by atoms with Crippen molar-refractivity contribution in [1.82, 2.24) is 10.7 Å². The van der Waals surface area contributed by atoms with Gasteiger partial charge in [0, 0.05) is 34.9 Å². The Labute approximate surface area is 215 Å². The van der Waals surface area contributed by atoms with Gasteiger partial charge in [0.2, 0.25) is 0 Å². The van der Waals surface area contributed by atoms with Crippen LogP contribution in [0.5, 0.6) is 0 Å². The highest BCUT2D eigenvalue weighted by molar-refractivity contribution is 6.36. The summed E-state index contributed by atoms with van der Waals surface area (Å²) in [6, 6.07) is 21.4. The normalized spacial score (nSPS) is 11.4. The van der Waals surface area contributed by atoms with Crippen LogP contribution in [-0.2, 0) is 4.79 Å². The molecular formula is C27H26Cl2N4O2. The summed E-state index contributed by atoms with van der Waals surface area (Å²) in [4.78, 5) is 27.9. The van der Waals surface area contributed by atoms with Crippen LogP contribution < -0.4 is 15.6 Å². The van der Waals surface area contributed by atoms with E-state index in [1.807, 2.05) is 30.3 Å². The van der Waals surface area contributed by atoms with Crippen LogP contribution in [-0.4, -0.2) is 31.1 Å². The first kappa shape index (κ1) is 26.0. The number of nitrogens with zero attached hydrogens (tertiary/aromatic N) is 2. The smallest absolute Gasteiger partial charge is 0.287 e. The molecule has 180 valence electrons. The monoisotopic (exact) mass is 508 g/mol. The molecule has 0 unspecified atom stereocenters. The molecule has 0 aromatic heterocycles. The van der Waals surface area contributed by atoms with Gasteiger partial charge in [0.05, 0.1) is 11.2 Å². The molecule has 8 heteroatoms. The number of amides is 2. The van der Waals surface area contributed by atoms with Crippen molar-refractivity contribution >= 4 is 53.0 Å².